The van der Waals surface area contributed by atoms with E-state index >= 15 is 0 Å². The molecule has 18 heavy (non-hydrogen) atoms. The Kier molecular flexibility index (Phi) is 11.1. The van der Waals surface area contributed by atoms with E-state index in [4.69, 9.17) is 0 Å². The molecule has 0 atom stereocenters. The van der Waals surface area contributed by atoms with Crippen LogP contribution < -0.4 is 4.80 Å². The maximum Gasteiger partial charge on any atom is -0.00187 e. The zero-order valence-electron chi connectivity index (χ0n) is 13.1. The van der Waals surface area contributed by atoms with Crippen LogP contribution in [0.3, 0.4) is 0 Å². The van der Waals surface area contributed by atoms with Gasteiger partial charge >= 0.3 is 0 Å². The van der Waals surface area contributed by atoms with Crippen LogP contribution in [0.5, 0.6) is 0 Å². The molecular weight excluding hydrogens is 238 g/mol. The normalized spacial score (nSPS) is 12.3. The lowest BCUT2D eigenvalue weighted by Crippen LogP contribution is -2.43. The SMILES string of the molecule is CCCCCN(CCCCC)CCC[Si](C)(C)[O-]. The van der Waals surface area contributed by atoms with E-state index in [0.717, 1.165) is 19.0 Å². The average Bonchev–Trinajstić information content (AvgIpc) is 2.27. The number of hydrogen-bond acceptors (Lipinski definition) is 2. The summed E-state index contributed by atoms with van der Waals surface area (Å²) < 4.78 is 0. The zero-order valence-corrected chi connectivity index (χ0v) is 14.1. The molecule has 0 fully saturated rings. The Labute approximate surface area is 116 Å². The fraction of sp³-hybridized carbons (Fsp3) is 1.00. The highest BCUT2D eigenvalue weighted by atomic mass is 28.4. The van der Waals surface area contributed by atoms with Gasteiger partial charge in [-0.1, -0.05) is 67.0 Å². The predicted octanol–water partition coefficient (Wildman–Crippen LogP) is 3.62. The van der Waals surface area contributed by atoms with E-state index in [0.29, 0.717) is 0 Å². The molecule has 0 bridgehead atoms. The Morgan fingerprint density at radius 2 is 1.22 bits per heavy atom. The molecule has 0 heterocycles. The third-order valence-electron chi connectivity index (χ3n) is 3.41. The Balaban J connectivity index is 3.80. The Bertz CT molecular complexity index is 170. The molecule has 110 valence electrons. The lowest BCUT2D eigenvalue weighted by Gasteiger charge is -2.31. The summed E-state index contributed by atoms with van der Waals surface area (Å²) in [4.78, 5) is 14.3. The first-order valence-electron chi connectivity index (χ1n) is 7.92. The van der Waals surface area contributed by atoms with E-state index in [1.807, 2.05) is 13.1 Å². The lowest BCUT2D eigenvalue weighted by molar-refractivity contribution is -0.205. The van der Waals surface area contributed by atoms with E-state index in [-0.39, 0.29) is 0 Å². The first-order valence-corrected chi connectivity index (χ1v) is 11.0. The van der Waals surface area contributed by atoms with Gasteiger partial charge in [-0.15, -0.1) is 0 Å². The van der Waals surface area contributed by atoms with Crippen molar-refractivity contribution < 1.29 is 4.80 Å². The van der Waals surface area contributed by atoms with Crippen LogP contribution in [0, 0.1) is 0 Å². The summed E-state index contributed by atoms with van der Waals surface area (Å²) in [5, 5.41) is 0. The molecule has 0 aromatic heterocycles. The summed E-state index contributed by atoms with van der Waals surface area (Å²) in [5.74, 6) is 0. The summed E-state index contributed by atoms with van der Waals surface area (Å²) in [5.41, 5.74) is 0. The molecule has 3 heteroatoms. The predicted molar refractivity (Wildman–Crippen MR) is 82.4 cm³/mol. The molecule has 0 saturated carbocycles. The van der Waals surface area contributed by atoms with E-state index in [1.54, 1.807) is 0 Å². The van der Waals surface area contributed by atoms with E-state index in [1.165, 1.54) is 51.6 Å². The van der Waals surface area contributed by atoms with Crippen molar-refractivity contribution in [3.05, 3.63) is 0 Å². The van der Waals surface area contributed by atoms with Crippen molar-refractivity contribution in [1.82, 2.24) is 4.90 Å². The maximum atomic E-state index is 11.7. The van der Waals surface area contributed by atoms with Gasteiger partial charge in [-0.05, 0) is 38.9 Å². The second kappa shape index (κ2) is 11.0. The standard InChI is InChI=1S/C15H34NOSi/c1-5-7-9-12-16(13-10-8-6-2)14-11-15-18(3,4)17/h5-15H2,1-4H3/q-1. The first-order chi connectivity index (χ1) is 8.49. The molecule has 0 amide bonds. The number of hydrogen-bond donors (Lipinski definition) is 0. The van der Waals surface area contributed by atoms with Gasteiger partial charge in [0, 0.05) is 0 Å². The van der Waals surface area contributed by atoms with Crippen molar-refractivity contribution in [2.24, 2.45) is 0 Å². The van der Waals surface area contributed by atoms with Crippen LogP contribution in [-0.2, 0) is 0 Å². The fourth-order valence-corrected chi connectivity index (χ4v) is 3.24. The summed E-state index contributed by atoms with van der Waals surface area (Å²) in [7, 11) is -2.08. The lowest BCUT2D eigenvalue weighted by atomic mass is 10.2. The molecule has 0 N–H and O–H groups in total. The van der Waals surface area contributed by atoms with Gasteiger partial charge in [0.1, 0.15) is 0 Å². The first kappa shape index (κ1) is 18.1. The van der Waals surface area contributed by atoms with Gasteiger partial charge in [-0.2, -0.15) is 0 Å². The minimum atomic E-state index is -2.08. The molecule has 0 rings (SSSR count). The van der Waals surface area contributed by atoms with Crippen molar-refractivity contribution in [3.63, 3.8) is 0 Å². The topological polar surface area (TPSA) is 26.3 Å². The summed E-state index contributed by atoms with van der Waals surface area (Å²) in [6.45, 7) is 12.0. The van der Waals surface area contributed by atoms with Crippen LogP contribution >= 0.6 is 0 Å². The highest BCUT2D eigenvalue weighted by Gasteiger charge is 2.07. The van der Waals surface area contributed by atoms with E-state index < -0.39 is 8.32 Å². The number of unbranched alkanes of at least 4 members (excludes halogenated alkanes) is 4. The van der Waals surface area contributed by atoms with Gasteiger partial charge in [0.05, 0.1) is 0 Å². The molecule has 0 unspecified atom stereocenters. The van der Waals surface area contributed by atoms with Gasteiger partial charge in [0.2, 0.25) is 0 Å². The highest BCUT2D eigenvalue weighted by Crippen LogP contribution is 2.08. The van der Waals surface area contributed by atoms with Gasteiger partial charge in [-0.3, -0.25) is 0 Å². The Hall–Kier alpha value is 0.137. The van der Waals surface area contributed by atoms with Crippen LogP contribution in [0.4, 0.5) is 0 Å². The van der Waals surface area contributed by atoms with Crippen molar-refractivity contribution in [1.29, 1.82) is 0 Å². The molecule has 0 aliphatic carbocycles. The van der Waals surface area contributed by atoms with Crippen molar-refractivity contribution in [3.8, 4) is 0 Å². The van der Waals surface area contributed by atoms with Crippen LogP contribution in [0.2, 0.25) is 19.1 Å². The molecule has 0 aliphatic rings. The van der Waals surface area contributed by atoms with Crippen molar-refractivity contribution in [2.75, 3.05) is 19.6 Å². The average molecular weight is 273 g/mol. The smallest absolute Gasteiger partial charge is 0.00187 e. The number of nitrogens with zero attached hydrogens (tertiary/aromatic N) is 1. The Morgan fingerprint density at radius 1 is 0.778 bits per heavy atom. The van der Waals surface area contributed by atoms with Crippen LogP contribution in [0.15, 0.2) is 0 Å². The molecule has 0 radical (unpaired) electrons. The second-order valence-corrected chi connectivity index (χ2v) is 10.1. The molecule has 0 spiro atoms. The minimum Gasteiger partial charge on any atom is -0.859 e. The van der Waals surface area contributed by atoms with Gasteiger partial charge in [0.15, 0.2) is 0 Å². The maximum absolute atomic E-state index is 11.7. The number of rotatable bonds is 12. The summed E-state index contributed by atoms with van der Waals surface area (Å²) in [6.07, 6.45) is 9.02. The largest absolute Gasteiger partial charge is 0.859 e. The third-order valence-corrected chi connectivity index (χ3v) is 4.97. The molecular formula is C15H34NOSi-. The van der Waals surface area contributed by atoms with Gasteiger partial charge in [-0.25, -0.2) is 0 Å². The fourth-order valence-electron chi connectivity index (χ4n) is 2.23. The molecule has 0 saturated heterocycles. The van der Waals surface area contributed by atoms with Crippen LogP contribution in [0.25, 0.3) is 0 Å². The summed E-state index contributed by atoms with van der Waals surface area (Å²) in [6, 6.07) is 0.936. The molecule has 0 aromatic carbocycles. The van der Waals surface area contributed by atoms with Gasteiger partial charge < -0.3 is 9.70 Å². The van der Waals surface area contributed by atoms with Crippen molar-refractivity contribution >= 4 is 8.32 Å². The molecule has 0 aromatic rings. The van der Waals surface area contributed by atoms with Crippen LogP contribution in [-0.4, -0.2) is 32.9 Å². The quantitative estimate of drug-likeness (QED) is 0.401. The second-order valence-electron chi connectivity index (χ2n) is 6.12. The molecule has 2 nitrogen and oxygen atoms in total. The summed E-state index contributed by atoms with van der Waals surface area (Å²) >= 11 is 0. The van der Waals surface area contributed by atoms with Gasteiger partial charge in [0.25, 0.3) is 0 Å². The Morgan fingerprint density at radius 3 is 1.61 bits per heavy atom. The van der Waals surface area contributed by atoms with E-state index in [2.05, 4.69) is 18.7 Å². The third kappa shape index (κ3) is 12.6. The zero-order chi connectivity index (χ0) is 13.9. The van der Waals surface area contributed by atoms with Crippen LogP contribution in [0.1, 0.15) is 58.8 Å². The highest BCUT2D eigenvalue weighted by molar-refractivity contribution is 6.68. The molecule has 0 aliphatic heterocycles. The monoisotopic (exact) mass is 272 g/mol. The van der Waals surface area contributed by atoms with E-state index in [9.17, 15) is 4.80 Å². The van der Waals surface area contributed by atoms with Crippen molar-refractivity contribution in [2.45, 2.75) is 77.9 Å². The minimum absolute atomic E-state index is 0.936.